The van der Waals surface area contributed by atoms with Crippen LogP contribution in [0.1, 0.15) is 59.3 Å². The van der Waals surface area contributed by atoms with Gasteiger partial charge in [-0.15, -0.1) is 13.2 Å². The second-order valence-electron chi connectivity index (χ2n) is 10.9. The normalized spacial score (nSPS) is 21.9. The van der Waals surface area contributed by atoms with Crippen LogP contribution in [0.2, 0.25) is 0 Å². The molecule has 1 aliphatic heterocycles. The average Bonchev–Trinajstić information content (AvgIpc) is 3.24. The lowest BCUT2D eigenvalue weighted by Crippen LogP contribution is -2.47. The number of rotatable bonds is 6. The summed E-state index contributed by atoms with van der Waals surface area (Å²) in [5.41, 5.74) is -0.550. The molecule has 2 heterocycles. The quantitative estimate of drug-likeness (QED) is 0.420. The SMILES string of the molecule is CC(C)n1nc(CC2[C@@H]3CC[C@H]2CN(C(=O)OC(C)(C)C)C3)nc1Oc1ccc(OC(F)(F)F)c(F)c1. The molecule has 2 aliphatic rings. The summed E-state index contributed by atoms with van der Waals surface area (Å²) in [6.07, 6.45) is -2.68. The fourth-order valence-corrected chi connectivity index (χ4v) is 5.06. The van der Waals surface area contributed by atoms with Crippen molar-refractivity contribution < 1.29 is 36.6 Å². The summed E-state index contributed by atoms with van der Waals surface area (Å²) in [6, 6.07) is 2.83. The van der Waals surface area contributed by atoms with E-state index in [0.717, 1.165) is 25.0 Å². The molecular formula is C25H32F4N4O4. The largest absolute Gasteiger partial charge is 0.573 e. The van der Waals surface area contributed by atoms with Gasteiger partial charge in [-0.1, -0.05) is 0 Å². The molecule has 1 amide bonds. The molecular weight excluding hydrogens is 496 g/mol. The first kappa shape index (κ1) is 27.0. The van der Waals surface area contributed by atoms with E-state index in [4.69, 9.17) is 9.47 Å². The van der Waals surface area contributed by atoms with Crippen molar-refractivity contribution in [2.75, 3.05) is 13.1 Å². The molecule has 8 nitrogen and oxygen atoms in total. The van der Waals surface area contributed by atoms with Crippen LogP contribution in [-0.4, -0.2) is 50.8 Å². The van der Waals surface area contributed by atoms with Crippen molar-refractivity contribution in [1.29, 1.82) is 0 Å². The molecule has 2 aromatic rings. The minimum absolute atomic E-state index is 0.0291. The Morgan fingerprint density at radius 2 is 1.78 bits per heavy atom. The molecule has 2 fully saturated rings. The smallest absolute Gasteiger partial charge is 0.444 e. The fraction of sp³-hybridized carbons (Fsp3) is 0.640. The van der Waals surface area contributed by atoms with Crippen LogP contribution in [0.5, 0.6) is 17.5 Å². The van der Waals surface area contributed by atoms with Crippen LogP contribution in [0.25, 0.3) is 0 Å². The van der Waals surface area contributed by atoms with E-state index < -0.39 is 23.5 Å². The third-order valence-corrected chi connectivity index (χ3v) is 6.57. The number of fused-ring (bicyclic) bond motifs is 2. The van der Waals surface area contributed by atoms with Gasteiger partial charge in [0.15, 0.2) is 17.4 Å². The molecule has 1 saturated heterocycles. The number of hydrogen-bond acceptors (Lipinski definition) is 6. The monoisotopic (exact) mass is 528 g/mol. The highest BCUT2D eigenvalue weighted by molar-refractivity contribution is 5.68. The van der Waals surface area contributed by atoms with E-state index in [0.29, 0.717) is 43.1 Å². The molecule has 204 valence electrons. The summed E-state index contributed by atoms with van der Waals surface area (Å²) in [5.74, 6) is -0.718. The number of piperidine rings is 1. The molecule has 37 heavy (non-hydrogen) atoms. The van der Waals surface area contributed by atoms with Crippen LogP contribution in [0.15, 0.2) is 18.2 Å². The molecule has 1 unspecified atom stereocenters. The Labute approximate surface area is 212 Å². The van der Waals surface area contributed by atoms with E-state index >= 15 is 0 Å². The van der Waals surface area contributed by atoms with Gasteiger partial charge in [-0.3, -0.25) is 0 Å². The van der Waals surface area contributed by atoms with Gasteiger partial charge < -0.3 is 19.1 Å². The van der Waals surface area contributed by atoms with Gasteiger partial charge in [-0.25, -0.2) is 13.9 Å². The maximum absolute atomic E-state index is 14.1. The Bertz CT molecular complexity index is 1110. The van der Waals surface area contributed by atoms with Crippen molar-refractivity contribution in [3.05, 3.63) is 29.8 Å². The molecule has 12 heteroatoms. The van der Waals surface area contributed by atoms with E-state index in [1.54, 1.807) is 9.58 Å². The van der Waals surface area contributed by atoms with Gasteiger partial charge in [0.2, 0.25) is 0 Å². The van der Waals surface area contributed by atoms with Crippen molar-refractivity contribution in [3.63, 3.8) is 0 Å². The lowest BCUT2D eigenvalue weighted by Gasteiger charge is -2.38. The van der Waals surface area contributed by atoms with Crippen LogP contribution in [-0.2, 0) is 11.2 Å². The fourth-order valence-electron chi connectivity index (χ4n) is 5.06. The number of benzene rings is 1. The Morgan fingerprint density at radius 1 is 1.14 bits per heavy atom. The van der Waals surface area contributed by atoms with E-state index in [-0.39, 0.29) is 23.9 Å². The van der Waals surface area contributed by atoms with Crippen molar-refractivity contribution >= 4 is 6.09 Å². The van der Waals surface area contributed by atoms with E-state index in [1.165, 1.54) is 6.07 Å². The van der Waals surface area contributed by atoms with Crippen LogP contribution in [0.3, 0.4) is 0 Å². The standard InChI is InChI=1S/C25H32F4N4O4/c1-14(2)33-22(35-17-8-9-20(19(26)10-17)36-25(27,28)29)30-21(31-33)11-18-15-6-7-16(18)13-32(12-15)23(34)37-24(3,4)5/h8-10,14-16,18H,6-7,11-13H2,1-5H3/t15-,16+,18?. The summed E-state index contributed by atoms with van der Waals surface area (Å²) in [5, 5.41) is 4.60. The molecule has 1 aliphatic carbocycles. The molecule has 1 saturated carbocycles. The zero-order valence-electron chi connectivity index (χ0n) is 21.5. The van der Waals surface area contributed by atoms with Crippen LogP contribution >= 0.6 is 0 Å². The van der Waals surface area contributed by atoms with Crippen LogP contribution in [0, 0.1) is 23.6 Å². The minimum atomic E-state index is -5.00. The summed E-state index contributed by atoms with van der Waals surface area (Å²) in [6.45, 7) is 10.6. The molecule has 2 bridgehead atoms. The third-order valence-electron chi connectivity index (χ3n) is 6.57. The number of likely N-dealkylation sites (tertiary alicyclic amines) is 1. The van der Waals surface area contributed by atoms with Crippen molar-refractivity contribution in [2.24, 2.45) is 17.8 Å². The number of carbonyl (C=O) groups is 1. The number of halogens is 4. The number of ether oxygens (including phenoxy) is 3. The topological polar surface area (TPSA) is 78.7 Å². The molecule has 1 aromatic heterocycles. The van der Waals surface area contributed by atoms with Gasteiger partial charge in [-0.2, -0.15) is 10.1 Å². The third kappa shape index (κ3) is 6.64. The van der Waals surface area contributed by atoms with Crippen LogP contribution < -0.4 is 9.47 Å². The molecule has 4 rings (SSSR count). The Morgan fingerprint density at radius 3 is 2.32 bits per heavy atom. The van der Waals surface area contributed by atoms with Gasteiger partial charge in [-0.05, 0) is 77.3 Å². The predicted molar refractivity (Wildman–Crippen MR) is 125 cm³/mol. The Kier molecular flexibility index (Phi) is 7.31. The number of nitrogens with zero attached hydrogens (tertiary/aromatic N) is 4. The average molecular weight is 529 g/mol. The zero-order chi connectivity index (χ0) is 27.1. The molecule has 0 N–H and O–H groups in total. The lowest BCUT2D eigenvalue weighted by molar-refractivity contribution is -0.275. The van der Waals surface area contributed by atoms with E-state index in [1.807, 2.05) is 34.6 Å². The lowest BCUT2D eigenvalue weighted by atomic mass is 9.82. The highest BCUT2D eigenvalue weighted by Gasteiger charge is 2.44. The maximum atomic E-state index is 14.1. The number of hydrogen-bond donors (Lipinski definition) is 0. The Hall–Kier alpha value is -3.05. The molecule has 0 radical (unpaired) electrons. The molecule has 0 spiro atoms. The van der Waals surface area contributed by atoms with Crippen molar-refractivity contribution in [3.8, 4) is 17.5 Å². The summed E-state index contributed by atoms with van der Waals surface area (Å²) >= 11 is 0. The second kappa shape index (κ2) is 10.0. The van der Waals surface area contributed by atoms with E-state index in [9.17, 15) is 22.4 Å². The van der Waals surface area contributed by atoms with Gasteiger partial charge >= 0.3 is 18.5 Å². The first-order valence-electron chi connectivity index (χ1n) is 12.3. The van der Waals surface area contributed by atoms with Gasteiger partial charge in [0.1, 0.15) is 11.4 Å². The first-order chi connectivity index (χ1) is 17.2. The van der Waals surface area contributed by atoms with E-state index in [2.05, 4.69) is 14.8 Å². The summed E-state index contributed by atoms with van der Waals surface area (Å²) in [4.78, 5) is 18.9. The van der Waals surface area contributed by atoms with Gasteiger partial charge in [0.05, 0.1) is 6.04 Å². The zero-order valence-corrected chi connectivity index (χ0v) is 21.5. The molecule has 3 atom stereocenters. The summed E-state index contributed by atoms with van der Waals surface area (Å²) < 4.78 is 67.9. The highest BCUT2D eigenvalue weighted by Crippen LogP contribution is 2.44. The first-order valence-corrected chi connectivity index (χ1v) is 12.3. The number of alkyl halides is 3. The molecule has 1 aromatic carbocycles. The number of amides is 1. The highest BCUT2D eigenvalue weighted by atomic mass is 19.4. The number of aromatic nitrogens is 3. The van der Waals surface area contributed by atoms with Crippen molar-refractivity contribution in [2.45, 2.75) is 71.9 Å². The predicted octanol–water partition coefficient (Wildman–Crippen LogP) is 6.12. The summed E-state index contributed by atoms with van der Waals surface area (Å²) in [7, 11) is 0. The Balaban J connectivity index is 1.46. The maximum Gasteiger partial charge on any atom is 0.573 e. The second-order valence-corrected chi connectivity index (χ2v) is 10.9. The number of carbonyl (C=O) groups excluding carboxylic acids is 1. The van der Waals surface area contributed by atoms with Gasteiger partial charge in [0, 0.05) is 25.6 Å². The van der Waals surface area contributed by atoms with Crippen LogP contribution in [0.4, 0.5) is 22.4 Å². The van der Waals surface area contributed by atoms with Crippen molar-refractivity contribution in [1.82, 2.24) is 19.7 Å². The van der Waals surface area contributed by atoms with Gasteiger partial charge in [0.25, 0.3) is 0 Å². The minimum Gasteiger partial charge on any atom is -0.444 e.